The minimum absolute atomic E-state index is 0. The number of rotatable bonds is 7. The van der Waals surface area contributed by atoms with Gasteiger partial charge in [-0.15, -0.1) is 24.0 Å². The van der Waals surface area contributed by atoms with Gasteiger partial charge in [-0.1, -0.05) is 48.0 Å². The third-order valence-corrected chi connectivity index (χ3v) is 4.69. The summed E-state index contributed by atoms with van der Waals surface area (Å²) in [6.07, 6.45) is 0. The van der Waals surface area contributed by atoms with Crippen molar-refractivity contribution < 1.29 is 9.47 Å². The molecule has 0 saturated carbocycles. The van der Waals surface area contributed by atoms with E-state index in [4.69, 9.17) is 15.2 Å². The Kier molecular flexibility index (Phi) is 9.38. The SMILES string of the molecule is COc1ccc(CN=C(N)NCC(C)(C)c2cccc(Br)c2)cc1OC.I. The number of guanidine groups is 1. The van der Waals surface area contributed by atoms with E-state index in [0.717, 1.165) is 10.0 Å². The zero-order chi connectivity index (χ0) is 19.2. The molecule has 0 fully saturated rings. The minimum Gasteiger partial charge on any atom is -0.493 e. The Morgan fingerprint density at radius 3 is 2.44 bits per heavy atom. The minimum atomic E-state index is -0.0761. The lowest BCUT2D eigenvalue weighted by molar-refractivity contribution is 0.354. The number of benzene rings is 2. The summed E-state index contributed by atoms with van der Waals surface area (Å²) in [5.41, 5.74) is 8.19. The van der Waals surface area contributed by atoms with Crippen LogP contribution in [0.15, 0.2) is 51.9 Å². The second-order valence-electron chi connectivity index (χ2n) is 6.64. The highest BCUT2D eigenvalue weighted by atomic mass is 127. The molecule has 0 aromatic heterocycles. The molecule has 0 heterocycles. The highest BCUT2D eigenvalue weighted by Gasteiger charge is 2.20. The van der Waals surface area contributed by atoms with Gasteiger partial charge in [-0.3, -0.25) is 0 Å². The number of ether oxygens (including phenoxy) is 2. The van der Waals surface area contributed by atoms with Crippen molar-refractivity contribution in [3.8, 4) is 11.5 Å². The van der Waals surface area contributed by atoms with E-state index in [1.807, 2.05) is 30.3 Å². The summed E-state index contributed by atoms with van der Waals surface area (Å²) in [6, 6.07) is 14.0. The molecule has 0 aliphatic heterocycles. The van der Waals surface area contributed by atoms with Crippen molar-refractivity contribution in [2.45, 2.75) is 25.8 Å². The molecule has 0 bridgehead atoms. The van der Waals surface area contributed by atoms with Crippen LogP contribution in [0.5, 0.6) is 11.5 Å². The Bertz CT molecular complexity index is 782. The molecule has 2 aromatic rings. The topological polar surface area (TPSA) is 68.9 Å². The summed E-state index contributed by atoms with van der Waals surface area (Å²) in [4.78, 5) is 4.42. The van der Waals surface area contributed by atoms with Gasteiger partial charge in [0.25, 0.3) is 0 Å². The third-order valence-electron chi connectivity index (χ3n) is 4.20. The molecule has 0 unspecified atom stereocenters. The van der Waals surface area contributed by atoms with Crippen LogP contribution >= 0.6 is 39.9 Å². The van der Waals surface area contributed by atoms with Crippen LogP contribution in [0, 0.1) is 0 Å². The summed E-state index contributed by atoms with van der Waals surface area (Å²) in [6.45, 7) is 5.49. The van der Waals surface area contributed by atoms with Crippen molar-refractivity contribution >= 4 is 45.9 Å². The van der Waals surface area contributed by atoms with Crippen molar-refractivity contribution in [3.05, 3.63) is 58.1 Å². The summed E-state index contributed by atoms with van der Waals surface area (Å²) >= 11 is 3.52. The number of halogens is 2. The smallest absolute Gasteiger partial charge is 0.188 e. The number of nitrogens with two attached hydrogens (primary N) is 1. The Morgan fingerprint density at radius 2 is 1.81 bits per heavy atom. The quantitative estimate of drug-likeness (QED) is 0.305. The summed E-state index contributed by atoms with van der Waals surface area (Å²) in [5, 5.41) is 3.22. The van der Waals surface area contributed by atoms with Crippen molar-refractivity contribution in [2.75, 3.05) is 20.8 Å². The molecule has 0 radical (unpaired) electrons. The van der Waals surface area contributed by atoms with Crippen LogP contribution in [0.2, 0.25) is 0 Å². The van der Waals surface area contributed by atoms with E-state index in [-0.39, 0.29) is 29.4 Å². The second kappa shape index (κ2) is 10.8. The molecule has 2 rings (SSSR count). The van der Waals surface area contributed by atoms with E-state index < -0.39 is 0 Å². The molecule has 7 heteroatoms. The van der Waals surface area contributed by atoms with Gasteiger partial charge in [0.15, 0.2) is 17.5 Å². The molecule has 148 valence electrons. The lowest BCUT2D eigenvalue weighted by atomic mass is 9.85. The number of methoxy groups -OCH3 is 2. The molecule has 27 heavy (non-hydrogen) atoms. The van der Waals surface area contributed by atoms with E-state index in [0.29, 0.717) is 30.5 Å². The zero-order valence-electron chi connectivity index (χ0n) is 16.1. The molecular weight excluding hydrogens is 521 g/mol. The van der Waals surface area contributed by atoms with Crippen LogP contribution in [0.25, 0.3) is 0 Å². The first-order valence-corrected chi connectivity index (χ1v) is 9.16. The maximum absolute atomic E-state index is 6.04. The fraction of sp³-hybridized carbons (Fsp3) is 0.350. The number of nitrogens with one attached hydrogen (secondary N) is 1. The van der Waals surface area contributed by atoms with E-state index in [1.54, 1.807) is 14.2 Å². The lowest BCUT2D eigenvalue weighted by Gasteiger charge is -2.26. The fourth-order valence-electron chi connectivity index (χ4n) is 2.53. The largest absolute Gasteiger partial charge is 0.493 e. The summed E-state index contributed by atoms with van der Waals surface area (Å²) < 4.78 is 11.6. The predicted molar refractivity (Wildman–Crippen MR) is 125 cm³/mol. The molecule has 0 atom stereocenters. The Morgan fingerprint density at radius 1 is 1.11 bits per heavy atom. The molecule has 2 aromatic carbocycles. The lowest BCUT2D eigenvalue weighted by Crippen LogP contribution is -2.40. The zero-order valence-corrected chi connectivity index (χ0v) is 20.0. The maximum Gasteiger partial charge on any atom is 0.188 e. The van der Waals surface area contributed by atoms with E-state index in [9.17, 15) is 0 Å². The van der Waals surface area contributed by atoms with Gasteiger partial charge in [-0.25, -0.2) is 4.99 Å². The van der Waals surface area contributed by atoms with E-state index >= 15 is 0 Å². The van der Waals surface area contributed by atoms with Gasteiger partial charge in [0.05, 0.1) is 20.8 Å². The maximum atomic E-state index is 6.04. The van der Waals surface area contributed by atoms with Crippen LogP contribution in [0.3, 0.4) is 0 Å². The Labute approximate surface area is 186 Å². The van der Waals surface area contributed by atoms with Gasteiger partial charge in [-0.05, 0) is 35.4 Å². The van der Waals surface area contributed by atoms with Gasteiger partial charge >= 0.3 is 0 Å². The first-order valence-electron chi connectivity index (χ1n) is 8.36. The summed E-state index contributed by atoms with van der Waals surface area (Å²) in [7, 11) is 3.23. The molecule has 0 aliphatic rings. The molecule has 0 amide bonds. The number of nitrogens with zero attached hydrogens (tertiary/aromatic N) is 1. The van der Waals surface area contributed by atoms with Crippen molar-refractivity contribution in [1.29, 1.82) is 0 Å². The van der Waals surface area contributed by atoms with Crippen LogP contribution < -0.4 is 20.5 Å². The van der Waals surface area contributed by atoms with E-state index in [2.05, 4.69) is 52.2 Å². The number of hydrogen-bond donors (Lipinski definition) is 2. The molecule has 3 N–H and O–H groups in total. The Hall–Kier alpha value is -1.48. The van der Waals surface area contributed by atoms with Crippen molar-refractivity contribution in [1.82, 2.24) is 5.32 Å². The van der Waals surface area contributed by atoms with E-state index in [1.165, 1.54) is 5.56 Å². The third kappa shape index (κ3) is 6.88. The number of hydrogen-bond acceptors (Lipinski definition) is 3. The molecule has 0 spiro atoms. The highest BCUT2D eigenvalue weighted by Crippen LogP contribution is 2.28. The first kappa shape index (κ1) is 23.6. The summed E-state index contributed by atoms with van der Waals surface area (Å²) in [5.74, 6) is 1.80. The van der Waals surface area contributed by atoms with Gasteiger partial charge < -0.3 is 20.5 Å². The van der Waals surface area contributed by atoms with Gasteiger partial charge in [0.1, 0.15) is 0 Å². The highest BCUT2D eigenvalue weighted by molar-refractivity contribution is 14.0. The fourth-order valence-corrected chi connectivity index (χ4v) is 2.93. The number of aliphatic imine (C=N–C) groups is 1. The normalized spacial score (nSPS) is 11.5. The van der Waals surface area contributed by atoms with Gasteiger partial charge in [0, 0.05) is 16.4 Å². The van der Waals surface area contributed by atoms with Crippen LogP contribution in [-0.4, -0.2) is 26.7 Å². The predicted octanol–water partition coefficient (Wildman–Crippen LogP) is 4.47. The molecule has 5 nitrogen and oxygen atoms in total. The van der Waals surface area contributed by atoms with Crippen LogP contribution in [0.1, 0.15) is 25.0 Å². The first-order chi connectivity index (χ1) is 12.4. The standard InChI is InChI=1S/C20H26BrN3O2.HI/c1-20(2,15-6-5-7-16(21)11-15)13-24-19(22)23-12-14-8-9-17(25-3)18(10-14)26-4;/h5-11H,12-13H2,1-4H3,(H3,22,23,24);1H. The molecular formula is C20H27BrIN3O2. The monoisotopic (exact) mass is 547 g/mol. The average molecular weight is 548 g/mol. The molecule has 0 saturated heterocycles. The van der Waals surface area contributed by atoms with Crippen molar-refractivity contribution in [2.24, 2.45) is 10.7 Å². The van der Waals surface area contributed by atoms with Gasteiger partial charge in [-0.2, -0.15) is 0 Å². The van der Waals surface area contributed by atoms with Crippen molar-refractivity contribution in [3.63, 3.8) is 0 Å². The molecule has 0 aliphatic carbocycles. The Balaban J connectivity index is 0.00000364. The van der Waals surface area contributed by atoms with Gasteiger partial charge in [0.2, 0.25) is 0 Å². The van der Waals surface area contributed by atoms with Crippen LogP contribution in [0.4, 0.5) is 0 Å². The average Bonchev–Trinajstić information content (AvgIpc) is 2.64. The van der Waals surface area contributed by atoms with Crippen LogP contribution in [-0.2, 0) is 12.0 Å². The second-order valence-corrected chi connectivity index (χ2v) is 7.55.